The summed E-state index contributed by atoms with van der Waals surface area (Å²) in [6.45, 7) is 3.40. The van der Waals surface area contributed by atoms with Crippen LogP contribution in [0.4, 0.5) is 10.1 Å². The van der Waals surface area contributed by atoms with Crippen LogP contribution in [0.3, 0.4) is 0 Å². The number of benzene rings is 3. The number of hydrogen-bond acceptors (Lipinski definition) is 4. The second-order valence-electron chi connectivity index (χ2n) is 8.27. The average Bonchev–Trinajstić information content (AvgIpc) is 2.89. The fourth-order valence-electron chi connectivity index (χ4n) is 3.85. The summed E-state index contributed by atoms with van der Waals surface area (Å²) in [7, 11) is -4.19. The molecule has 0 unspecified atom stereocenters. The Morgan fingerprint density at radius 1 is 0.946 bits per heavy atom. The molecular formula is C27H29ClFN3O4S. The molecule has 1 atom stereocenters. The van der Waals surface area contributed by atoms with E-state index in [9.17, 15) is 22.4 Å². The first-order valence-corrected chi connectivity index (χ1v) is 13.6. The van der Waals surface area contributed by atoms with Crippen LogP contribution < -0.4 is 9.62 Å². The monoisotopic (exact) mass is 545 g/mol. The van der Waals surface area contributed by atoms with Crippen LogP contribution in [0, 0.1) is 5.82 Å². The van der Waals surface area contributed by atoms with E-state index in [4.69, 9.17) is 11.6 Å². The van der Waals surface area contributed by atoms with Crippen LogP contribution in [0.1, 0.15) is 25.8 Å². The maximum atomic E-state index is 13.8. The summed E-state index contributed by atoms with van der Waals surface area (Å²) >= 11 is 6.00. The number of rotatable bonds is 11. The summed E-state index contributed by atoms with van der Waals surface area (Å²) < 4.78 is 41.8. The molecule has 10 heteroatoms. The fourth-order valence-corrected chi connectivity index (χ4v) is 5.42. The number of carbonyl (C=O) groups is 2. The second kappa shape index (κ2) is 12.7. The van der Waals surface area contributed by atoms with E-state index in [1.54, 1.807) is 56.3 Å². The Morgan fingerprint density at radius 3 is 2.14 bits per heavy atom. The Morgan fingerprint density at radius 2 is 1.57 bits per heavy atom. The third kappa shape index (κ3) is 7.08. The predicted octanol–water partition coefficient (Wildman–Crippen LogP) is 4.62. The smallest absolute Gasteiger partial charge is 0.264 e. The number of sulfonamides is 1. The number of carbonyl (C=O) groups excluding carboxylic acids is 2. The summed E-state index contributed by atoms with van der Waals surface area (Å²) in [4.78, 5) is 28.0. The van der Waals surface area contributed by atoms with Crippen LogP contribution in [0.15, 0.2) is 83.8 Å². The molecule has 0 bridgehead atoms. The van der Waals surface area contributed by atoms with Gasteiger partial charge in [-0.1, -0.05) is 48.9 Å². The molecule has 196 valence electrons. The maximum absolute atomic E-state index is 13.8. The van der Waals surface area contributed by atoms with E-state index in [2.05, 4.69) is 5.32 Å². The quantitative estimate of drug-likeness (QED) is 0.381. The van der Waals surface area contributed by atoms with E-state index in [-0.39, 0.29) is 23.0 Å². The molecule has 0 spiro atoms. The zero-order valence-electron chi connectivity index (χ0n) is 20.6. The summed E-state index contributed by atoms with van der Waals surface area (Å²) in [6, 6.07) is 18.5. The molecule has 0 aliphatic heterocycles. The fraction of sp³-hybridized carbons (Fsp3) is 0.259. The van der Waals surface area contributed by atoms with Crippen LogP contribution >= 0.6 is 11.6 Å². The van der Waals surface area contributed by atoms with Gasteiger partial charge in [-0.15, -0.1) is 0 Å². The van der Waals surface area contributed by atoms with E-state index >= 15 is 0 Å². The Kier molecular flexibility index (Phi) is 9.66. The lowest BCUT2D eigenvalue weighted by atomic mass is 10.1. The summed E-state index contributed by atoms with van der Waals surface area (Å²) in [5.41, 5.74) is 0.843. The molecule has 3 aromatic carbocycles. The molecule has 1 N–H and O–H groups in total. The van der Waals surface area contributed by atoms with Crippen LogP contribution in [0.2, 0.25) is 5.02 Å². The molecule has 0 aliphatic rings. The third-order valence-corrected chi connectivity index (χ3v) is 7.77. The van der Waals surface area contributed by atoms with Gasteiger partial charge in [0.1, 0.15) is 18.4 Å². The molecule has 3 rings (SSSR count). The topological polar surface area (TPSA) is 86.8 Å². The zero-order valence-corrected chi connectivity index (χ0v) is 22.2. The van der Waals surface area contributed by atoms with Crippen molar-refractivity contribution < 1.29 is 22.4 Å². The van der Waals surface area contributed by atoms with Gasteiger partial charge in [-0.25, -0.2) is 12.8 Å². The van der Waals surface area contributed by atoms with Crippen molar-refractivity contribution in [3.05, 3.63) is 95.3 Å². The number of amides is 2. The number of hydrogen-bond donors (Lipinski definition) is 1. The van der Waals surface area contributed by atoms with Crippen molar-refractivity contribution in [1.29, 1.82) is 0 Å². The normalized spacial score (nSPS) is 12.0. The van der Waals surface area contributed by atoms with Gasteiger partial charge >= 0.3 is 0 Å². The van der Waals surface area contributed by atoms with Crippen LogP contribution in [-0.4, -0.2) is 44.3 Å². The van der Waals surface area contributed by atoms with Crippen molar-refractivity contribution in [2.75, 3.05) is 17.4 Å². The maximum Gasteiger partial charge on any atom is 0.264 e. The molecule has 7 nitrogen and oxygen atoms in total. The number of likely N-dealkylation sites (N-methyl/N-ethyl adjacent to an activating group) is 1. The minimum atomic E-state index is -4.19. The number of nitrogens with one attached hydrogen (secondary N) is 1. The first-order chi connectivity index (χ1) is 17.7. The Bertz CT molecular complexity index is 1300. The lowest BCUT2D eigenvalue weighted by Gasteiger charge is -2.33. The minimum absolute atomic E-state index is 0.0212. The van der Waals surface area contributed by atoms with Crippen molar-refractivity contribution in [3.8, 4) is 0 Å². The summed E-state index contributed by atoms with van der Waals surface area (Å²) in [6.07, 6.45) is 0.313. The zero-order chi connectivity index (χ0) is 27.0. The number of nitrogens with zero attached hydrogens (tertiary/aromatic N) is 2. The highest BCUT2D eigenvalue weighted by atomic mass is 35.5. The average molecular weight is 546 g/mol. The van der Waals surface area contributed by atoms with Crippen LogP contribution in [0.5, 0.6) is 0 Å². The SMILES string of the molecule is CCNC(=O)[C@H](CC)N(Cc1ccc(Cl)cc1)C(=O)CN(c1ccc(F)cc1)S(=O)(=O)c1ccccc1. The first-order valence-electron chi connectivity index (χ1n) is 11.8. The van der Waals surface area contributed by atoms with E-state index in [1.165, 1.54) is 29.2 Å². The Labute approximate surface area is 221 Å². The van der Waals surface area contributed by atoms with Crippen molar-refractivity contribution >= 4 is 39.1 Å². The summed E-state index contributed by atoms with van der Waals surface area (Å²) in [5.74, 6) is -1.47. The Hall–Kier alpha value is -3.43. The standard InChI is InChI=1S/C27H29ClFN3O4S/c1-3-25(27(34)30-4-2)31(18-20-10-12-21(28)13-11-20)26(33)19-32(23-16-14-22(29)15-17-23)37(35,36)24-8-6-5-7-9-24/h5-17,25H,3-4,18-19H2,1-2H3,(H,30,34)/t25-/m0/s1. The van der Waals surface area contributed by atoms with Gasteiger partial charge in [-0.3, -0.25) is 13.9 Å². The third-order valence-electron chi connectivity index (χ3n) is 5.73. The summed E-state index contributed by atoms with van der Waals surface area (Å²) in [5, 5.41) is 3.27. The molecule has 0 saturated carbocycles. The van der Waals surface area contributed by atoms with E-state index in [0.717, 1.165) is 22.0 Å². The van der Waals surface area contributed by atoms with Gasteiger partial charge in [-0.2, -0.15) is 0 Å². The van der Waals surface area contributed by atoms with Gasteiger partial charge in [0.05, 0.1) is 10.6 Å². The largest absolute Gasteiger partial charge is 0.355 e. The van der Waals surface area contributed by atoms with E-state index in [1.807, 2.05) is 0 Å². The lowest BCUT2D eigenvalue weighted by molar-refractivity contribution is -0.140. The molecule has 0 aliphatic carbocycles. The second-order valence-corrected chi connectivity index (χ2v) is 10.6. The highest BCUT2D eigenvalue weighted by molar-refractivity contribution is 7.92. The van der Waals surface area contributed by atoms with Gasteiger partial charge in [0, 0.05) is 18.1 Å². The first kappa shape index (κ1) is 28.1. The van der Waals surface area contributed by atoms with Gasteiger partial charge in [0.25, 0.3) is 10.0 Å². The van der Waals surface area contributed by atoms with Gasteiger partial charge < -0.3 is 10.2 Å². The van der Waals surface area contributed by atoms with E-state index in [0.29, 0.717) is 18.0 Å². The van der Waals surface area contributed by atoms with Crippen LogP contribution in [0.25, 0.3) is 0 Å². The van der Waals surface area contributed by atoms with E-state index < -0.39 is 34.3 Å². The van der Waals surface area contributed by atoms with Gasteiger partial charge in [0.2, 0.25) is 11.8 Å². The minimum Gasteiger partial charge on any atom is -0.355 e. The molecule has 0 radical (unpaired) electrons. The number of halogens is 2. The molecule has 0 aromatic heterocycles. The lowest BCUT2D eigenvalue weighted by Crippen LogP contribution is -2.52. The van der Waals surface area contributed by atoms with Gasteiger partial charge in [-0.05, 0) is 67.4 Å². The molecule has 37 heavy (non-hydrogen) atoms. The van der Waals surface area contributed by atoms with Crippen LogP contribution in [-0.2, 0) is 26.2 Å². The van der Waals surface area contributed by atoms with Crippen molar-refractivity contribution in [2.24, 2.45) is 0 Å². The molecular weight excluding hydrogens is 517 g/mol. The molecule has 0 heterocycles. The number of anilines is 1. The Balaban J connectivity index is 2.03. The van der Waals surface area contributed by atoms with Crippen molar-refractivity contribution in [3.63, 3.8) is 0 Å². The molecule has 3 aromatic rings. The highest BCUT2D eigenvalue weighted by Crippen LogP contribution is 2.25. The highest BCUT2D eigenvalue weighted by Gasteiger charge is 2.33. The molecule has 0 saturated heterocycles. The molecule has 0 fully saturated rings. The van der Waals surface area contributed by atoms with Gasteiger partial charge in [0.15, 0.2) is 0 Å². The van der Waals surface area contributed by atoms with Crippen molar-refractivity contribution in [1.82, 2.24) is 10.2 Å². The van der Waals surface area contributed by atoms with Crippen molar-refractivity contribution in [2.45, 2.75) is 37.8 Å². The predicted molar refractivity (Wildman–Crippen MR) is 142 cm³/mol. The molecule has 2 amide bonds.